The van der Waals surface area contributed by atoms with Gasteiger partial charge in [0.1, 0.15) is 32.2 Å². The molecule has 7 heteroatoms. The fraction of sp³-hybridized carbons (Fsp3) is 0.481. The second-order valence-electron chi connectivity index (χ2n) is 8.74. The highest BCUT2D eigenvalue weighted by Gasteiger charge is 2.27. The summed E-state index contributed by atoms with van der Waals surface area (Å²) in [7, 11) is 1.74. The van der Waals surface area contributed by atoms with Crippen LogP contribution < -0.4 is 23.7 Å². The zero-order valence-corrected chi connectivity index (χ0v) is 21.7. The van der Waals surface area contributed by atoms with Gasteiger partial charge < -0.3 is 23.7 Å². The van der Waals surface area contributed by atoms with Crippen LogP contribution in [0.2, 0.25) is 0 Å². The summed E-state index contributed by atoms with van der Waals surface area (Å²) in [5.41, 5.74) is 3.55. The molecule has 34 heavy (non-hydrogen) atoms. The van der Waals surface area contributed by atoms with Crippen molar-refractivity contribution in [1.82, 2.24) is 0 Å². The Labute approximate surface area is 209 Å². The molecule has 1 aromatic carbocycles. The van der Waals surface area contributed by atoms with Crippen molar-refractivity contribution < 1.29 is 23.7 Å². The lowest BCUT2D eigenvalue weighted by molar-refractivity contribution is 0.174. The van der Waals surface area contributed by atoms with Gasteiger partial charge in [-0.05, 0) is 30.0 Å². The average molecular weight is 501 g/mol. The van der Waals surface area contributed by atoms with E-state index in [4.69, 9.17) is 23.7 Å². The van der Waals surface area contributed by atoms with Crippen LogP contribution in [0.15, 0.2) is 22.9 Å². The summed E-state index contributed by atoms with van der Waals surface area (Å²) in [6, 6.07) is 4.49. The lowest BCUT2D eigenvalue weighted by atomic mass is 9.88. The zero-order valence-electron chi connectivity index (χ0n) is 20.1. The van der Waals surface area contributed by atoms with Gasteiger partial charge in [0.15, 0.2) is 23.0 Å². The van der Waals surface area contributed by atoms with Gasteiger partial charge in [-0.2, -0.15) is 0 Å². The van der Waals surface area contributed by atoms with Gasteiger partial charge in [0.25, 0.3) is 0 Å². The van der Waals surface area contributed by atoms with Crippen LogP contribution in [0, 0.1) is 5.92 Å². The molecule has 182 valence electrons. The Morgan fingerprint density at radius 1 is 0.853 bits per heavy atom. The van der Waals surface area contributed by atoms with Gasteiger partial charge in [-0.15, -0.1) is 22.7 Å². The molecule has 1 atom stereocenters. The number of rotatable bonds is 9. The first kappa shape index (κ1) is 23.4. The Kier molecular flexibility index (Phi) is 7.21. The molecule has 0 bridgehead atoms. The molecule has 3 aromatic rings. The number of hydrogen-bond donors (Lipinski definition) is 0. The minimum Gasteiger partial charge on any atom is -0.496 e. The third-order valence-electron chi connectivity index (χ3n) is 6.57. The first-order chi connectivity index (χ1) is 16.7. The quantitative estimate of drug-likeness (QED) is 0.305. The van der Waals surface area contributed by atoms with E-state index in [9.17, 15) is 0 Å². The zero-order chi connectivity index (χ0) is 23.5. The third kappa shape index (κ3) is 4.48. The summed E-state index contributed by atoms with van der Waals surface area (Å²) >= 11 is 3.33. The fourth-order valence-electron chi connectivity index (χ4n) is 4.70. The van der Waals surface area contributed by atoms with E-state index in [0.717, 1.165) is 56.9 Å². The molecular weight excluding hydrogens is 468 g/mol. The first-order valence-electron chi connectivity index (χ1n) is 12.2. The molecule has 2 aliphatic heterocycles. The molecule has 0 saturated carbocycles. The van der Waals surface area contributed by atoms with E-state index >= 15 is 0 Å². The molecule has 0 fully saturated rings. The maximum atomic E-state index is 6.06. The van der Waals surface area contributed by atoms with E-state index in [2.05, 4.69) is 31.4 Å². The van der Waals surface area contributed by atoms with E-state index < -0.39 is 0 Å². The smallest absolute Gasteiger partial charge is 0.180 e. The van der Waals surface area contributed by atoms with Crippen molar-refractivity contribution in [2.45, 2.75) is 46.0 Å². The Hall–Kier alpha value is -2.38. The normalized spacial score (nSPS) is 15.3. The summed E-state index contributed by atoms with van der Waals surface area (Å²) in [6.07, 6.45) is 5.89. The van der Waals surface area contributed by atoms with Crippen LogP contribution in [0.3, 0.4) is 0 Å². The number of hydrogen-bond acceptors (Lipinski definition) is 7. The molecule has 5 rings (SSSR count). The van der Waals surface area contributed by atoms with E-state index in [0.29, 0.717) is 32.3 Å². The van der Waals surface area contributed by atoms with Gasteiger partial charge in [-0.1, -0.05) is 39.5 Å². The summed E-state index contributed by atoms with van der Waals surface area (Å²) in [4.78, 5) is 2.18. The number of methoxy groups -OCH3 is 1. The van der Waals surface area contributed by atoms with Crippen molar-refractivity contribution in [2.24, 2.45) is 5.92 Å². The molecule has 2 aliphatic rings. The fourth-order valence-corrected chi connectivity index (χ4v) is 6.64. The SMILES string of the molecule is CCCCC(CC)Cc1cc(-c2scc3c2OCCO3)c(OC)cc1-c1scc2c1OCCO2. The molecule has 0 N–H and O–H groups in total. The maximum absolute atomic E-state index is 6.06. The summed E-state index contributed by atoms with van der Waals surface area (Å²) in [5.74, 6) is 4.82. The molecule has 1 unspecified atom stereocenters. The number of fused-ring (bicyclic) bond motifs is 2. The van der Waals surface area contributed by atoms with E-state index in [1.165, 1.54) is 30.4 Å². The summed E-state index contributed by atoms with van der Waals surface area (Å²) in [6.45, 7) is 6.90. The average Bonchev–Trinajstić information content (AvgIpc) is 3.50. The molecule has 2 aromatic heterocycles. The predicted molar refractivity (Wildman–Crippen MR) is 139 cm³/mol. The molecule has 0 amide bonds. The number of ether oxygens (including phenoxy) is 5. The highest BCUT2D eigenvalue weighted by atomic mass is 32.1. The van der Waals surface area contributed by atoms with Crippen molar-refractivity contribution in [3.63, 3.8) is 0 Å². The van der Waals surface area contributed by atoms with Crippen molar-refractivity contribution in [3.05, 3.63) is 28.5 Å². The van der Waals surface area contributed by atoms with Crippen LogP contribution >= 0.6 is 22.7 Å². The van der Waals surface area contributed by atoms with Gasteiger partial charge in [0.2, 0.25) is 0 Å². The number of benzene rings is 1. The van der Waals surface area contributed by atoms with Crippen LogP contribution in [-0.2, 0) is 6.42 Å². The Morgan fingerprint density at radius 2 is 1.47 bits per heavy atom. The van der Waals surface area contributed by atoms with Gasteiger partial charge >= 0.3 is 0 Å². The van der Waals surface area contributed by atoms with Crippen LogP contribution in [0.25, 0.3) is 20.9 Å². The minimum absolute atomic E-state index is 0.567. The van der Waals surface area contributed by atoms with Crippen LogP contribution in [0.4, 0.5) is 0 Å². The predicted octanol–water partition coefficient (Wildman–Crippen LogP) is 7.45. The number of thiophene rings is 2. The van der Waals surface area contributed by atoms with Crippen molar-refractivity contribution in [2.75, 3.05) is 33.5 Å². The van der Waals surface area contributed by atoms with Gasteiger partial charge in [-0.3, -0.25) is 0 Å². The van der Waals surface area contributed by atoms with Crippen LogP contribution in [-0.4, -0.2) is 33.5 Å². The molecule has 5 nitrogen and oxygen atoms in total. The molecular formula is C27H32O5S2. The highest BCUT2D eigenvalue weighted by Crippen LogP contribution is 2.52. The Bertz CT molecular complexity index is 1130. The van der Waals surface area contributed by atoms with Crippen molar-refractivity contribution in [1.29, 1.82) is 0 Å². The molecule has 0 saturated heterocycles. The van der Waals surface area contributed by atoms with E-state index in [1.807, 2.05) is 5.38 Å². The molecule has 0 radical (unpaired) electrons. The van der Waals surface area contributed by atoms with Gasteiger partial charge in [-0.25, -0.2) is 0 Å². The standard InChI is InChI=1S/C27H32O5S2/c1-4-6-7-17(5-2)12-18-13-20(27-25-23(16-34-27)30-9-11-32-25)21(28-3)14-19(18)26-24-22(15-33-26)29-8-10-31-24/h13-17H,4-12H2,1-3H3. The van der Waals surface area contributed by atoms with Gasteiger partial charge in [0, 0.05) is 21.9 Å². The van der Waals surface area contributed by atoms with Gasteiger partial charge in [0.05, 0.1) is 16.9 Å². The monoisotopic (exact) mass is 500 g/mol. The second kappa shape index (κ2) is 10.5. The Morgan fingerprint density at radius 3 is 2.06 bits per heavy atom. The van der Waals surface area contributed by atoms with Crippen LogP contribution in [0.1, 0.15) is 45.1 Å². The lowest BCUT2D eigenvalue weighted by Gasteiger charge is -2.22. The second-order valence-corrected chi connectivity index (χ2v) is 10.5. The minimum atomic E-state index is 0.567. The first-order valence-corrected chi connectivity index (χ1v) is 13.9. The van der Waals surface area contributed by atoms with E-state index in [-0.39, 0.29) is 0 Å². The third-order valence-corrected chi connectivity index (χ3v) is 8.51. The molecule has 0 aliphatic carbocycles. The van der Waals surface area contributed by atoms with Crippen LogP contribution in [0.5, 0.6) is 28.7 Å². The molecule has 0 spiro atoms. The topological polar surface area (TPSA) is 46.2 Å². The largest absolute Gasteiger partial charge is 0.496 e. The number of unbranched alkanes of at least 4 members (excludes halogenated alkanes) is 1. The highest BCUT2D eigenvalue weighted by molar-refractivity contribution is 7.14. The molecule has 4 heterocycles. The summed E-state index contributed by atoms with van der Waals surface area (Å²) in [5, 5.41) is 4.09. The Balaban J connectivity index is 1.63. The van der Waals surface area contributed by atoms with Crippen molar-refractivity contribution >= 4 is 22.7 Å². The van der Waals surface area contributed by atoms with Crippen molar-refractivity contribution in [3.8, 4) is 49.6 Å². The lowest BCUT2D eigenvalue weighted by Crippen LogP contribution is -2.14. The maximum Gasteiger partial charge on any atom is 0.180 e. The van der Waals surface area contributed by atoms with E-state index in [1.54, 1.807) is 29.8 Å². The summed E-state index contributed by atoms with van der Waals surface area (Å²) < 4.78 is 29.7.